The van der Waals surface area contributed by atoms with E-state index in [1.54, 1.807) is 36.8 Å². The topological polar surface area (TPSA) is 57.9 Å². The molecule has 1 N–H and O–H groups in total. The molecule has 3 heterocycles. The van der Waals surface area contributed by atoms with Gasteiger partial charge in [-0.25, -0.2) is 4.39 Å². The van der Waals surface area contributed by atoms with Crippen molar-refractivity contribution in [2.75, 3.05) is 40.3 Å². The van der Waals surface area contributed by atoms with Crippen molar-refractivity contribution in [3.63, 3.8) is 0 Å². The number of rotatable bonds is 8. The zero-order valence-corrected chi connectivity index (χ0v) is 23.8. The van der Waals surface area contributed by atoms with Crippen molar-refractivity contribution < 1.29 is 14.2 Å². The number of likely N-dealkylation sites (N-methyl/N-ethyl adjacent to an activating group) is 1. The SMILES string of the molecule is COc1ccc(-c2sc3c(c2CN2CCN(C)CC2)c(=O)c(C(O)C(C)C)cn3Cc2ccccc2F)cc1. The van der Waals surface area contributed by atoms with E-state index in [0.29, 0.717) is 23.1 Å². The van der Waals surface area contributed by atoms with Gasteiger partial charge in [0.05, 0.1) is 25.1 Å². The molecule has 0 bridgehead atoms. The molecule has 0 aliphatic carbocycles. The molecule has 2 aromatic heterocycles. The Kier molecular flexibility index (Phi) is 8.19. The van der Waals surface area contributed by atoms with E-state index in [4.69, 9.17) is 4.74 Å². The molecule has 8 heteroatoms. The minimum atomic E-state index is -0.922. The molecule has 1 fully saturated rings. The molecule has 39 heavy (non-hydrogen) atoms. The van der Waals surface area contributed by atoms with Gasteiger partial charge in [0.1, 0.15) is 16.4 Å². The highest BCUT2D eigenvalue weighted by Crippen LogP contribution is 2.40. The van der Waals surface area contributed by atoms with Gasteiger partial charge in [-0.05, 0) is 54.4 Å². The van der Waals surface area contributed by atoms with Gasteiger partial charge >= 0.3 is 0 Å². The first kappa shape index (κ1) is 27.5. The van der Waals surface area contributed by atoms with Crippen molar-refractivity contribution >= 4 is 21.6 Å². The molecular formula is C31H36FN3O3S. The first-order valence-corrected chi connectivity index (χ1v) is 14.2. The number of pyridine rings is 1. The van der Waals surface area contributed by atoms with Crippen molar-refractivity contribution in [1.82, 2.24) is 14.4 Å². The zero-order chi connectivity index (χ0) is 27.7. The summed E-state index contributed by atoms with van der Waals surface area (Å²) >= 11 is 1.56. The van der Waals surface area contributed by atoms with Gasteiger partial charge in [0.25, 0.3) is 0 Å². The second-order valence-electron chi connectivity index (χ2n) is 10.7. The molecule has 1 atom stereocenters. The fraction of sp³-hybridized carbons (Fsp3) is 0.387. The summed E-state index contributed by atoms with van der Waals surface area (Å²) < 4.78 is 22.1. The average molecular weight is 550 g/mol. The third-order valence-corrected chi connectivity index (χ3v) is 8.93. The number of hydrogen-bond donors (Lipinski definition) is 1. The van der Waals surface area contributed by atoms with Gasteiger partial charge in [0, 0.05) is 54.9 Å². The minimum absolute atomic E-state index is 0.141. The lowest BCUT2D eigenvalue weighted by Crippen LogP contribution is -2.44. The maximum Gasteiger partial charge on any atom is 0.196 e. The van der Waals surface area contributed by atoms with Gasteiger partial charge in [0.15, 0.2) is 5.43 Å². The summed E-state index contributed by atoms with van der Waals surface area (Å²) in [7, 11) is 3.77. The van der Waals surface area contributed by atoms with E-state index in [9.17, 15) is 14.3 Å². The lowest BCUT2D eigenvalue weighted by atomic mass is 9.97. The molecule has 2 aromatic carbocycles. The average Bonchev–Trinajstić information content (AvgIpc) is 3.32. The number of benzene rings is 2. The van der Waals surface area contributed by atoms with Crippen LogP contribution in [0.2, 0.25) is 0 Å². The molecule has 1 unspecified atom stereocenters. The van der Waals surface area contributed by atoms with Crippen LogP contribution in [0.25, 0.3) is 20.7 Å². The Labute approximate surface area is 232 Å². The number of fused-ring (bicyclic) bond motifs is 1. The highest BCUT2D eigenvalue weighted by molar-refractivity contribution is 7.22. The van der Waals surface area contributed by atoms with Gasteiger partial charge in [-0.1, -0.05) is 32.0 Å². The van der Waals surface area contributed by atoms with Crippen LogP contribution in [0, 0.1) is 11.7 Å². The Morgan fingerprint density at radius 1 is 1.03 bits per heavy atom. The number of ether oxygens (including phenoxy) is 1. The van der Waals surface area contributed by atoms with Crippen molar-refractivity contribution in [2.45, 2.75) is 33.0 Å². The molecule has 0 amide bonds. The smallest absolute Gasteiger partial charge is 0.196 e. The fourth-order valence-electron chi connectivity index (χ4n) is 5.17. The minimum Gasteiger partial charge on any atom is -0.497 e. The normalized spacial score (nSPS) is 15.8. The number of thiophene rings is 1. The summed E-state index contributed by atoms with van der Waals surface area (Å²) in [6, 6.07) is 14.6. The van der Waals surface area contributed by atoms with E-state index in [1.165, 1.54) is 6.07 Å². The lowest BCUT2D eigenvalue weighted by molar-refractivity contribution is 0.125. The predicted molar refractivity (Wildman–Crippen MR) is 156 cm³/mol. The predicted octanol–water partition coefficient (Wildman–Crippen LogP) is 5.36. The summed E-state index contributed by atoms with van der Waals surface area (Å²) in [5.41, 5.74) is 2.72. The van der Waals surface area contributed by atoms with E-state index in [-0.39, 0.29) is 23.7 Å². The second-order valence-corrected chi connectivity index (χ2v) is 11.7. The van der Waals surface area contributed by atoms with Gasteiger partial charge < -0.3 is 19.3 Å². The van der Waals surface area contributed by atoms with Crippen molar-refractivity contribution in [3.8, 4) is 16.2 Å². The van der Waals surface area contributed by atoms with E-state index < -0.39 is 6.10 Å². The summed E-state index contributed by atoms with van der Waals surface area (Å²) in [6.07, 6.45) is 0.810. The first-order valence-electron chi connectivity index (χ1n) is 13.4. The largest absolute Gasteiger partial charge is 0.497 e. The Hall–Kier alpha value is -3.04. The molecule has 1 aliphatic heterocycles. The van der Waals surface area contributed by atoms with Crippen LogP contribution in [0.15, 0.2) is 59.5 Å². The van der Waals surface area contributed by atoms with Crippen molar-refractivity contribution in [2.24, 2.45) is 5.92 Å². The molecule has 6 nitrogen and oxygen atoms in total. The number of methoxy groups -OCH3 is 1. The van der Waals surface area contributed by atoms with Crippen molar-refractivity contribution in [1.29, 1.82) is 0 Å². The molecule has 5 rings (SSSR count). The summed E-state index contributed by atoms with van der Waals surface area (Å²) in [6.45, 7) is 8.45. The van der Waals surface area contributed by atoms with Crippen LogP contribution in [0.3, 0.4) is 0 Å². The maximum atomic E-state index is 14.8. The highest BCUT2D eigenvalue weighted by atomic mass is 32.1. The van der Waals surface area contributed by atoms with Crippen LogP contribution in [0.1, 0.15) is 36.6 Å². The van der Waals surface area contributed by atoms with Crippen LogP contribution < -0.4 is 10.2 Å². The molecule has 1 saturated heterocycles. The third kappa shape index (κ3) is 5.65. The van der Waals surface area contributed by atoms with Crippen molar-refractivity contribution in [3.05, 3.63) is 87.5 Å². The molecule has 0 radical (unpaired) electrons. The van der Waals surface area contributed by atoms with Crippen LogP contribution in [0.4, 0.5) is 4.39 Å². The second kappa shape index (κ2) is 11.6. The number of aromatic nitrogens is 1. The third-order valence-electron chi connectivity index (χ3n) is 7.61. The van der Waals surface area contributed by atoms with Gasteiger partial charge in [-0.15, -0.1) is 11.3 Å². The Bertz CT molecular complexity index is 1500. The first-order chi connectivity index (χ1) is 18.8. The van der Waals surface area contributed by atoms with Crippen LogP contribution in [-0.2, 0) is 13.1 Å². The summed E-state index contributed by atoms with van der Waals surface area (Å²) in [4.78, 5) is 20.6. The van der Waals surface area contributed by atoms with Crippen LogP contribution in [0.5, 0.6) is 5.75 Å². The molecule has 0 saturated carbocycles. The standard InChI is InChI=1S/C31H36FN3O3S/c1-20(2)28(36)25-19-35(17-22-7-5-6-8-26(22)32)31-27(29(25)37)24(18-34-15-13-33(3)14-16-34)30(39-31)21-9-11-23(38-4)12-10-21/h5-12,19-20,28,36H,13-18H2,1-4H3. The Balaban J connectivity index is 1.75. The Morgan fingerprint density at radius 3 is 2.36 bits per heavy atom. The summed E-state index contributed by atoms with van der Waals surface area (Å²) in [5, 5.41) is 11.7. The number of nitrogens with zero attached hydrogens (tertiary/aromatic N) is 3. The molecule has 206 valence electrons. The number of aliphatic hydroxyl groups excluding tert-OH is 1. The zero-order valence-electron chi connectivity index (χ0n) is 23.0. The number of hydrogen-bond acceptors (Lipinski definition) is 6. The van der Waals surface area contributed by atoms with E-state index in [1.807, 2.05) is 48.7 Å². The van der Waals surface area contributed by atoms with Gasteiger partial charge in [0.2, 0.25) is 0 Å². The number of halogens is 1. The monoisotopic (exact) mass is 549 g/mol. The van der Waals surface area contributed by atoms with Gasteiger partial charge in [-0.3, -0.25) is 9.69 Å². The number of aliphatic hydroxyl groups is 1. The lowest BCUT2D eigenvalue weighted by Gasteiger charge is -2.32. The van der Waals surface area contributed by atoms with Gasteiger partial charge in [-0.2, -0.15) is 0 Å². The van der Waals surface area contributed by atoms with Crippen LogP contribution in [-0.4, -0.2) is 59.8 Å². The Morgan fingerprint density at radius 2 is 1.72 bits per heavy atom. The summed E-state index contributed by atoms with van der Waals surface area (Å²) in [5.74, 6) is 0.333. The molecular weight excluding hydrogens is 513 g/mol. The number of piperazine rings is 1. The fourth-order valence-corrected chi connectivity index (χ4v) is 6.46. The molecule has 4 aromatic rings. The molecule has 1 aliphatic rings. The molecule has 0 spiro atoms. The van der Waals surface area contributed by atoms with E-state index in [0.717, 1.165) is 52.8 Å². The highest BCUT2D eigenvalue weighted by Gasteiger charge is 2.26. The van der Waals surface area contributed by atoms with E-state index in [2.05, 4.69) is 16.8 Å². The maximum absolute atomic E-state index is 14.8. The van der Waals surface area contributed by atoms with E-state index >= 15 is 0 Å². The quantitative estimate of drug-likeness (QED) is 0.321. The van der Waals surface area contributed by atoms with Crippen LogP contribution >= 0.6 is 11.3 Å².